The van der Waals surface area contributed by atoms with Crippen LogP contribution < -0.4 is 4.90 Å². The zero-order chi connectivity index (χ0) is 22.9. The molecule has 0 bridgehead atoms. The van der Waals surface area contributed by atoms with E-state index >= 15 is 0 Å². The molecule has 0 radical (unpaired) electrons. The average molecular weight is 447 g/mol. The van der Waals surface area contributed by atoms with E-state index in [1.54, 1.807) is 0 Å². The highest BCUT2D eigenvalue weighted by atomic mass is 15.3. The summed E-state index contributed by atoms with van der Waals surface area (Å²) in [5.41, 5.74) is 4.86. The smallest absolute Gasteiger partial charge is 0.138 e. The van der Waals surface area contributed by atoms with Gasteiger partial charge < -0.3 is 9.80 Å². The number of imidazole rings is 1. The first kappa shape index (κ1) is 22.4. The molecule has 0 saturated carbocycles. The lowest BCUT2D eigenvalue weighted by Gasteiger charge is -2.39. The summed E-state index contributed by atoms with van der Waals surface area (Å²) in [6.45, 7) is 12.3. The van der Waals surface area contributed by atoms with Crippen molar-refractivity contribution in [3.63, 3.8) is 0 Å². The van der Waals surface area contributed by atoms with Gasteiger partial charge in [-0.1, -0.05) is 32.9 Å². The van der Waals surface area contributed by atoms with Crippen molar-refractivity contribution in [1.29, 1.82) is 0 Å². The van der Waals surface area contributed by atoms with E-state index in [-0.39, 0.29) is 0 Å². The molecule has 0 N–H and O–H groups in total. The molecule has 33 heavy (non-hydrogen) atoms. The highest BCUT2D eigenvalue weighted by molar-refractivity contribution is 5.53. The van der Waals surface area contributed by atoms with Crippen LogP contribution in [0.4, 0.5) is 5.82 Å². The molecule has 2 atom stereocenters. The van der Waals surface area contributed by atoms with Gasteiger partial charge in [0.15, 0.2) is 0 Å². The Morgan fingerprint density at radius 2 is 1.79 bits per heavy atom. The third-order valence-electron chi connectivity index (χ3n) is 7.72. The lowest BCUT2D eigenvalue weighted by Crippen LogP contribution is -2.46. The number of nitrogens with zero attached hydrogens (tertiary/aromatic N) is 6. The first-order chi connectivity index (χ1) is 16.1. The average Bonchev–Trinajstić information content (AvgIpc) is 3.28. The third kappa shape index (κ3) is 4.26. The van der Waals surface area contributed by atoms with E-state index < -0.39 is 0 Å². The Bertz CT molecular complexity index is 1080. The zero-order valence-corrected chi connectivity index (χ0v) is 20.6. The van der Waals surface area contributed by atoms with Crippen LogP contribution in [0.3, 0.4) is 0 Å². The van der Waals surface area contributed by atoms with E-state index in [4.69, 9.17) is 9.97 Å². The predicted molar refractivity (Wildman–Crippen MR) is 135 cm³/mol. The van der Waals surface area contributed by atoms with Crippen LogP contribution in [0, 0.1) is 0 Å². The molecule has 3 aromatic rings. The highest BCUT2D eigenvalue weighted by Gasteiger charge is 2.33. The van der Waals surface area contributed by atoms with E-state index in [1.807, 2.05) is 6.20 Å². The Hall–Kier alpha value is -2.44. The Kier molecular flexibility index (Phi) is 6.39. The Morgan fingerprint density at radius 3 is 2.55 bits per heavy atom. The van der Waals surface area contributed by atoms with Gasteiger partial charge in [0.1, 0.15) is 11.5 Å². The first-order valence-electron chi connectivity index (χ1n) is 12.7. The molecular formula is C27H38N6. The quantitative estimate of drug-likeness (QED) is 0.558. The van der Waals surface area contributed by atoms with Crippen LogP contribution >= 0.6 is 0 Å². The number of piperazine rings is 1. The number of aromatic nitrogens is 3. The molecule has 2 aliphatic rings. The van der Waals surface area contributed by atoms with Gasteiger partial charge in [0, 0.05) is 38.6 Å². The van der Waals surface area contributed by atoms with Crippen molar-refractivity contribution in [2.24, 2.45) is 0 Å². The molecule has 2 saturated heterocycles. The minimum atomic E-state index is 0.315. The minimum Gasteiger partial charge on any atom is -0.355 e. The van der Waals surface area contributed by atoms with E-state index in [9.17, 15) is 0 Å². The standard InChI is InChI=1S/C27H38N6/c1-5-31-15-17-32(18-16-31)26-13-7-12-25-29-22(19-33(25)26)23-10-6-11-24(30(23)4)27-21(20(2)3)9-8-14-28-27/h7-9,12-14,19-20,23-24H,5-6,10-11,15-18H2,1-4H3/t23-,24+/m1/s1. The summed E-state index contributed by atoms with van der Waals surface area (Å²) in [5.74, 6) is 1.75. The largest absolute Gasteiger partial charge is 0.355 e. The van der Waals surface area contributed by atoms with Crippen molar-refractivity contribution in [2.75, 3.05) is 44.7 Å². The summed E-state index contributed by atoms with van der Waals surface area (Å²) < 4.78 is 2.31. The number of fused-ring (bicyclic) bond motifs is 1. The fourth-order valence-electron chi connectivity index (χ4n) is 5.74. The van der Waals surface area contributed by atoms with Crippen molar-refractivity contribution < 1.29 is 0 Å². The van der Waals surface area contributed by atoms with Gasteiger partial charge in [0.2, 0.25) is 0 Å². The molecule has 3 aromatic heterocycles. The number of hydrogen-bond acceptors (Lipinski definition) is 5. The molecule has 6 heteroatoms. The second kappa shape index (κ2) is 9.43. The molecule has 2 aliphatic heterocycles. The number of likely N-dealkylation sites (tertiary alicyclic amines) is 1. The van der Waals surface area contributed by atoms with Crippen molar-refractivity contribution in [1.82, 2.24) is 24.2 Å². The summed E-state index contributed by atoms with van der Waals surface area (Å²) in [7, 11) is 2.27. The summed E-state index contributed by atoms with van der Waals surface area (Å²) in [5, 5.41) is 0. The van der Waals surface area contributed by atoms with Crippen molar-refractivity contribution in [2.45, 2.75) is 58.0 Å². The van der Waals surface area contributed by atoms with E-state index in [1.165, 1.54) is 29.2 Å². The molecule has 5 heterocycles. The number of likely N-dealkylation sites (N-methyl/N-ethyl adjacent to an activating group) is 1. The van der Waals surface area contributed by atoms with Crippen LogP contribution in [-0.4, -0.2) is 63.9 Å². The number of pyridine rings is 2. The zero-order valence-electron chi connectivity index (χ0n) is 20.6. The van der Waals surface area contributed by atoms with Crippen molar-refractivity contribution in [3.05, 3.63) is 59.7 Å². The normalized spacial score (nSPS) is 23.0. The molecule has 0 aliphatic carbocycles. The maximum atomic E-state index is 5.12. The Balaban J connectivity index is 1.44. The van der Waals surface area contributed by atoms with Gasteiger partial charge in [-0.15, -0.1) is 0 Å². The van der Waals surface area contributed by atoms with Crippen molar-refractivity contribution >= 4 is 11.5 Å². The van der Waals surface area contributed by atoms with Crippen molar-refractivity contribution in [3.8, 4) is 0 Å². The van der Waals surface area contributed by atoms with Crippen LogP contribution in [0.1, 0.15) is 75.0 Å². The lowest BCUT2D eigenvalue weighted by atomic mass is 9.88. The monoisotopic (exact) mass is 446 g/mol. The van der Waals surface area contributed by atoms with Crippen LogP contribution in [0.25, 0.3) is 5.65 Å². The van der Waals surface area contributed by atoms with Gasteiger partial charge in [-0.25, -0.2) is 4.98 Å². The maximum absolute atomic E-state index is 5.12. The SMILES string of the molecule is CCN1CCN(c2cccc3nc([C@H]4CCC[C@@H](c5ncccc5C(C)C)N4C)cn23)CC1. The fourth-order valence-corrected chi connectivity index (χ4v) is 5.74. The van der Waals surface area contributed by atoms with Crippen LogP contribution in [-0.2, 0) is 0 Å². The molecule has 0 amide bonds. The predicted octanol–water partition coefficient (Wildman–Crippen LogP) is 4.89. The van der Waals surface area contributed by atoms with E-state index in [0.717, 1.165) is 51.2 Å². The number of piperidine rings is 1. The topological polar surface area (TPSA) is 39.9 Å². The summed E-state index contributed by atoms with van der Waals surface area (Å²) in [6.07, 6.45) is 7.75. The van der Waals surface area contributed by atoms with Gasteiger partial charge in [0.05, 0.1) is 23.5 Å². The van der Waals surface area contributed by atoms with Gasteiger partial charge in [-0.3, -0.25) is 14.3 Å². The molecular weight excluding hydrogens is 408 g/mol. The van der Waals surface area contributed by atoms with Crippen LogP contribution in [0.15, 0.2) is 42.7 Å². The fraction of sp³-hybridized carbons (Fsp3) is 0.556. The van der Waals surface area contributed by atoms with Gasteiger partial charge in [-0.2, -0.15) is 0 Å². The molecule has 176 valence electrons. The molecule has 0 aromatic carbocycles. The molecule has 2 fully saturated rings. The van der Waals surface area contributed by atoms with Crippen LogP contribution in [0.5, 0.6) is 0 Å². The van der Waals surface area contributed by atoms with E-state index in [0.29, 0.717) is 18.0 Å². The summed E-state index contributed by atoms with van der Waals surface area (Å²) in [6, 6.07) is 11.5. The number of rotatable bonds is 5. The third-order valence-corrected chi connectivity index (χ3v) is 7.72. The van der Waals surface area contributed by atoms with Gasteiger partial charge in [0.25, 0.3) is 0 Å². The lowest BCUT2D eigenvalue weighted by molar-refractivity contribution is 0.109. The Morgan fingerprint density at radius 1 is 1.00 bits per heavy atom. The summed E-state index contributed by atoms with van der Waals surface area (Å²) in [4.78, 5) is 17.5. The molecule has 5 rings (SSSR count). The summed E-state index contributed by atoms with van der Waals surface area (Å²) >= 11 is 0. The van der Waals surface area contributed by atoms with Gasteiger partial charge >= 0.3 is 0 Å². The van der Waals surface area contributed by atoms with Gasteiger partial charge in [-0.05, 0) is 62.5 Å². The van der Waals surface area contributed by atoms with Crippen LogP contribution in [0.2, 0.25) is 0 Å². The van der Waals surface area contributed by atoms with E-state index in [2.05, 4.69) is 83.4 Å². The number of hydrogen-bond donors (Lipinski definition) is 0. The maximum Gasteiger partial charge on any atom is 0.138 e. The second-order valence-electron chi connectivity index (χ2n) is 9.96. The minimum absolute atomic E-state index is 0.315. The Labute approximate surface area is 198 Å². The second-order valence-corrected chi connectivity index (χ2v) is 9.96. The molecule has 0 spiro atoms. The first-order valence-corrected chi connectivity index (χ1v) is 12.7. The molecule has 0 unspecified atom stereocenters. The highest BCUT2D eigenvalue weighted by Crippen LogP contribution is 2.41. The molecule has 6 nitrogen and oxygen atoms in total. The number of anilines is 1.